The SMILES string of the molecule is CCCCCCOc1nsnc1C1=CCC[N+](C)(COC(=O)[C@@H](NC(=O)OC(C)(C)C)C(C)C)C1. The highest BCUT2D eigenvalue weighted by Crippen LogP contribution is 2.30. The van der Waals surface area contributed by atoms with Crippen molar-refractivity contribution < 1.29 is 28.3 Å². The highest BCUT2D eigenvalue weighted by molar-refractivity contribution is 6.99. The first-order valence-corrected chi connectivity index (χ1v) is 13.3. The predicted molar refractivity (Wildman–Crippen MR) is 137 cm³/mol. The maximum atomic E-state index is 12.9. The first-order chi connectivity index (χ1) is 16.4. The Kier molecular flexibility index (Phi) is 11.0. The zero-order chi connectivity index (χ0) is 26.1. The fourth-order valence-corrected chi connectivity index (χ4v) is 4.33. The maximum Gasteiger partial charge on any atom is 0.408 e. The van der Waals surface area contributed by atoms with Gasteiger partial charge in [-0.2, -0.15) is 4.37 Å². The van der Waals surface area contributed by atoms with E-state index in [-0.39, 0.29) is 12.6 Å². The second-order valence-corrected chi connectivity index (χ2v) is 11.3. The molecule has 198 valence electrons. The van der Waals surface area contributed by atoms with Crippen LogP contribution in [0.1, 0.15) is 79.3 Å². The van der Waals surface area contributed by atoms with E-state index in [4.69, 9.17) is 14.2 Å². The van der Waals surface area contributed by atoms with Gasteiger partial charge < -0.3 is 19.5 Å². The number of unbranched alkanes of at least 4 members (excludes halogenated alkanes) is 3. The van der Waals surface area contributed by atoms with Crippen LogP contribution in [-0.4, -0.2) is 70.4 Å². The van der Waals surface area contributed by atoms with E-state index in [1.165, 1.54) is 12.8 Å². The van der Waals surface area contributed by atoms with Crippen LogP contribution in [-0.2, 0) is 14.3 Å². The largest absolute Gasteiger partial charge is 0.475 e. The van der Waals surface area contributed by atoms with Crippen LogP contribution in [0.15, 0.2) is 6.08 Å². The molecule has 1 N–H and O–H groups in total. The molecular formula is C25H43N4O5S+. The van der Waals surface area contributed by atoms with Gasteiger partial charge in [0.1, 0.15) is 23.9 Å². The number of carbonyl (C=O) groups is 2. The van der Waals surface area contributed by atoms with Gasteiger partial charge in [-0.15, -0.1) is 4.37 Å². The third-order valence-corrected chi connectivity index (χ3v) is 6.23. The number of aromatic nitrogens is 2. The Morgan fingerprint density at radius 1 is 1.20 bits per heavy atom. The average molecular weight is 512 g/mol. The maximum absolute atomic E-state index is 12.9. The van der Waals surface area contributed by atoms with Gasteiger partial charge in [-0.1, -0.05) is 46.1 Å². The van der Waals surface area contributed by atoms with Crippen molar-refractivity contribution in [3.63, 3.8) is 0 Å². The minimum absolute atomic E-state index is 0.143. The Labute approximate surface area is 214 Å². The van der Waals surface area contributed by atoms with Gasteiger partial charge in [0.15, 0.2) is 0 Å². The molecule has 35 heavy (non-hydrogen) atoms. The van der Waals surface area contributed by atoms with Crippen LogP contribution < -0.4 is 10.1 Å². The van der Waals surface area contributed by atoms with E-state index in [0.29, 0.717) is 23.5 Å². The summed E-state index contributed by atoms with van der Waals surface area (Å²) >= 11 is 1.15. The Bertz CT molecular complexity index is 864. The number of likely N-dealkylation sites (N-methyl/N-ethyl adjacent to an activating group) is 1. The summed E-state index contributed by atoms with van der Waals surface area (Å²) in [5.74, 6) is -0.0207. The lowest BCUT2D eigenvalue weighted by Gasteiger charge is -2.37. The Morgan fingerprint density at radius 2 is 1.94 bits per heavy atom. The van der Waals surface area contributed by atoms with Crippen molar-refractivity contribution in [2.24, 2.45) is 5.92 Å². The van der Waals surface area contributed by atoms with E-state index in [2.05, 4.69) is 34.1 Å². The molecule has 1 aromatic heterocycles. The first-order valence-electron chi connectivity index (χ1n) is 12.6. The molecule has 0 aromatic carbocycles. The molecule has 2 atom stereocenters. The summed E-state index contributed by atoms with van der Waals surface area (Å²) in [6, 6.07) is -0.785. The highest BCUT2D eigenvalue weighted by atomic mass is 32.1. The lowest BCUT2D eigenvalue weighted by Crippen LogP contribution is -2.52. The van der Waals surface area contributed by atoms with Crippen molar-refractivity contribution >= 4 is 29.4 Å². The normalized spacial score (nSPS) is 19.1. The van der Waals surface area contributed by atoms with Crippen molar-refractivity contribution in [3.8, 4) is 5.88 Å². The number of hydrogen-bond acceptors (Lipinski definition) is 8. The smallest absolute Gasteiger partial charge is 0.408 e. The van der Waals surface area contributed by atoms with Crippen LogP contribution >= 0.6 is 11.7 Å². The minimum atomic E-state index is -0.785. The van der Waals surface area contributed by atoms with Crippen LogP contribution in [0.4, 0.5) is 4.79 Å². The lowest BCUT2D eigenvalue weighted by atomic mass is 10.0. The van der Waals surface area contributed by atoms with Gasteiger partial charge in [0.25, 0.3) is 5.88 Å². The number of carbonyl (C=O) groups excluding carboxylic acids is 2. The first kappa shape index (κ1) is 29.0. The van der Waals surface area contributed by atoms with E-state index >= 15 is 0 Å². The number of hydrogen-bond donors (Lipinski definition) is 1. The lowest BCUT2D eigenvalue weighted by molar-refractivity contribution is -0.919. The fraction of sp³-hybridized carbons (Fsp3) is 0.760. The third-order valence-electron chi connectivity index (χ3n) is 5.72. The number of ether oxygens (including phenoxy) is 3. The van der Waals surface area contributed by atoms with Gasteiger partial charge >= 0.3 is 12.1 Å². The van der Waals surface area contributed by atoms with Gasteiger partial charge in [0, 0.05) is 12.0 Å². The molecule has 10 heteroatoms. The van der Waals surface area contributed by atoms with Crippen molar-refractivity contribution in [1.82, 2.24) is 14.1 Å². The summed E-state index contributed by atoms with van der Waals surface area (Å²) in [6.07, 6.45) is 6.91. The van der Waals surface area contributed by atoms with E-state index in [0.717, 1.165) is 48.8 Å². The number of quaternary nitrogens is 1. The van der Waals surface area contributed by atoms with Crippen LogP contribution in [0.25, 0.3) is 5.57 Å². The molecule has 1 amide bonds. The molecule has 0 fully saturated rings. The van der Waals surface area contributed by atoms with E-state index in [1.54, 1.807) is 20.8 Å². The van der Waals surface area contributed by atoms with Crippen LogP contribution in [0, 0.1) is 5.92 Å². The van der Waals surface area contributed by atoms with Gasteiger partial charge in [0.2, 0.25) is 6.73 Å². The van der Waals surface area contributed by atoms with E-state index in [1.807, 2.05) is 13.8 Å². The number of nitrogens with zero attached hydrogens (tertiary/aromatic N) is 3. The van der Waals surface area contributed by atoms with Crippen LogP contribution in [0.5, 0.6) is 5.88 Å². The summed E-state index contributed by atoms with van der Waals surface area (Å²) in [7, 11) is 2.05. The molecule has 0 radical (unpaired) electrons. The highest BCUT2D eigenvalue weighted by Gasteiger charge is 2.34. The second-order valence-electron chi connectivity index (χ2n) is 10.8. The summed E-state index contributed by atoms with van der Waals surface area (Å²) in [4.78, 5) is 25.1. The topological polar surface area (TPSA) is 99.6 Å². The molecule has 0 aliphatic carbocycles. The predicted octanol–water partition coefficient (Wildman–Crippen LogP) is 4.78. The molecule has 2 rings (SSSR count). The van der Waals surface area contributed by atoms with Gasteiger partial charge in [-0.25, -0.2) is 9.59 Å². The van der Waals surface area contributed by atoms with Crippen LogP contribution in [0.2, 0.25) is 0 Å². The van der Waals surface area contributed by atoms with Crippen molar-refractivity contribution in [3.05, 3.63) is 11.8 Å². The minimum Gasteiger partial charge on any atom is -0.475 e. The third kappa shape index (κ3) is 9.76. The summed E-state index contributed by atoms with van der Waals surface area (Å²) < 4.78 is 26.3. The van der Waals surface area contributed by atoms with E-state index in [9.17, 15) is 9.59 Å². The van der Waals surface area contributed by atoms with Gasteiger partial charge in [-0.3, -0.25) is 4.48 Å². The number of nitrogens with one attached hydrogen (secondary N) is 1. The van der Waals surface area contributed by atoms with Crippen molar-refractivity contribution in [2.45, 2.75) is 85.3 Å². The Morgan fingerprint density at radius 3 is 2.60 bits per heavy atom. The van der Waals surface area contributed by atoms with E-state index < -0.39 is 23.7 Å². The molecular weight excluding hydrogens is 468 g/mol. The number of amides is 1. The molecule has 0 spiro atoms. The van der Waals surface area contributed by atoms with Crippen molar-refractivity contribution in [1.29, 1.82) is 0 Å². The summed E-state index contributed by atoms with van der Waals surface area (Å²) in [6.45, 7) is 13.6. The van der Waals surface area contributed by atoms with Gasteiger partial charge in [-0.05, 0) is 33.1 Å². The van der Waals surface area contributed by atoms with Crippen LogP contribution in [0.3, 0.4) is 0 Å². The standard InChI is InChI=1S/C25H42N4O5S/c1-8-9-10-11-15-32-22-21(27-35-28-22)19-13-12-14-29(7,16-19)17-33-23(30)20(18(2)3)26-24(31)34-25(4,5)6/h13,18,20H,8-12,14-17H2,1-7H3/p+1/t20-,29?/m0/s1. The zero-order valence-corrected chi connectivity index (χ0v) is 23.2. The van der Waals surface area contributed by atoms with Gasteiger partial charge in [0.05, 0.1) is 31.9 Å². The molecule has 0 saturated heterocycles. The fourth-order valence-electron chi connectivity index (χ4n) is 3.80. The average Bonchev–Trinajstić information content (AvgIpc) is 3.23. The molecule has 0 bridgehead atoms. The quantitative estimate of drug-likeness (QED) is 0.245. The molecule has 1 aliphatic heterocycles. The zero-order valence-electron chi connectivity index (χ0n) is 22.4. The number of esters is 1. The molecule has 9 nitrogen and oxygen atoms in total. The molecule has 0 saturated carbocycles. The number of alkyl carbamates (subject to hydrolysis) is 1. The molecule has 1 unspecified atom stereocenters. The molecule has 1 aliphatic rings. The molecule has 2 heterocycles. The summed E-state index contributed by atoms with van der Waals surface area (Å²) in [5, 5.41) is 2.66. The number of rotatable bonds is 12. The summed E-state index contributed by atoms with van der Waals surface area (Å²) in [5.41, 5.74) is 1.19. The molecule has 1 aromatic rings. The second kappa shape index (κ2) is 13.2. The Balaban J connectivity index is 1.95. The Hall–Kier alpha value is -2.20. The monoisotopic (exact) mass is 511 g/mol. The van der Waals surface area contributed by atoms with Crippen molar-refractivity contribution in [2.75, 3.05) is 33.5 Å².